The molecule has 0 aliphatic rings. The van der Waals surface area contributed by atoms with Crippen molar-refractivity contribution in [2.24, 2.45) is 0 Å². The molecule has 0 bridgehead atoms. The molecule has 0 saturated heterocycles. The molecule has 114 valence electrons. The van der Waals surface area contributed by atoms with Crippen molar-refractivity contribution in [2.75, 3.05) is 13.2 Å². The molecule has 0 saturated carbocycles. The fourth-order valence-electron chi connectivity index (χ4n) is 1.87. The van der Waals surface area contributed by atoms with E-state index in [9.17, 15) is 4.79 Å². The lowest BCUT2D eigenvalue weighted by atomic mass is 10.1. The Hall–Kier alpha value is -1.67. The summed E-state index contributed by atoms with van der Waals surface area (Å²) in [6.07, 6.45) is 6.40. The molecule has 0 aliphatic carbocycles. The van der Waals surface area contributed by atoms with Gasteiger partial charge < -0.3 is 4.74 Å². The Kier molecular flexibility index (Phi) is 7.70. The molecule has 0 aromatic heterocycles. The monoisotopic (exact) mass is 286 g/mol. The van der Waals surface area contributed by atoms with Gasteiger partial charge in [-0.15, -0.1) is 0 Å². The van der Waals surface area contributed by atoms with Crippen molar-refractivity contribution in [3.63, 3.8) is 0 Å². The van der Waals surface area contributed by atoms with E-state index in [1.54, 1.807) is 0 Å². The van der Waals surface area contributed by atoms with Crippen LogP contribution >= 0.6 is 0 Å². The zero-order valence-corrected chi connectivity index (χ0v) is 13.6. The molecule has 0 amide bonds. The predicted octanol–water partition coefficient (Wildman–Crippen LogP) is 4.89. The molecule has 2 nitrogen and oxygen atoms in total. The van der Waals surface area contributed by atoms with E-state index in [4.69, 9.17) is 4.74 Å². The van der Waals surface area contributed by atoms with Crippen molar-refractivity contribution in [2.45, 2.75) is 40.5 Å². The SMILES string of the molecule is CC(C)=CCC/C(C)=C/COCC(=O)c1ccc(C)cc1. The molecule has 2 heteroatoms. The van der Waals surface area contributed by atoms with E-state index in [2.05, 4.69) is 32.9 Å². The van der Waals surface area contributed by atoms with Crippen molar-refractivity contribution in [1.82, 2.24) is 0 Å². The molecule has 0 N–H and O–H groups in total. The molecule has 0 atom stereocenters. The Morgan fingerprint density at radius 2 is 1.76 bits per heavy atom. The molecule has 0 aliphatic heterocycles. The number of allylic oxidation sites excluding steroid dienone is 3. The first-order valence-corrected chi connectivity index (χ1v) is 7.45. The smallest absolute Gasteiger partial charge is 0.188 e. The molecule has 0 spiro atoms. The van der Waals surface area contributed by atoms with E-state index < -0.39 is 0 Å². The largest absolute Gasteiger partial charge is 0.369 e. The molecule has 0 unspecified atom stereocenters. The summed E-state index contributed by atoms with van der Waals surface area (Å²) < 4.78 is 5.44. The highest BCUT2D eigenvalue weighted by Crippen LogP contribution is 2.07. The van der Waals surface area contributed by atoms with Crippen LogP contribution < -0.4 is 0 Å². The fraction of sp³-hybridized carbons (Fsp3) is 0.421. The van der Waals surface area contributed by atoms with Crippen LogP contribution in [0.4, 0.5) is 0 Å². The van der Waals surface area contributed by atoms with E-state index in [-0.39, 0.29) is 12.4 Å². The predicted molar refractivity (Wildman–Crippen MR) is 88.8 cm³/mol. The quantitative estimate of drug-likeness (QED) is 0.386. The molecule has 0 radical (unpaired) electrons. The van der Waals surface area contributed by atoms with Gasteiger partial charge in [-0.05, 0) is 40.5 Å². The lowest BCUT2D eigenvalue weighted by molar-refractivity contribution is 0.0805. The second-order valence-corrected chi connectivity index (χ2v) is 5.67. The highest BCUT2D eigenvalue weighted by Gasteiger charge is 2.04. The second kappa shape index (κ2) is 9.30. The third kappa shape index (κ3) is 7.62. The summed E-state index contributed by atoms with van der Waals surface area (Å²) in [6, 6.07) is 7.59. The first-order valence-electron chi connectivity index (χ1n) is 7.45. The number of ether oxygens (including phenoxy) is 1. The Morgan fingerprint density at radius 3 is 2.38 bits per heavy atom. The van der Waals surface area contributed by atoms with Crippen LogP contribution in [0.2, 0.25) is 0 Å². The maximum absolute atomic E-state index is 11.9. The van der Waals surface area contributed by atoms with E-state index >= 15 is 0 Å². The number of hydrogen-bond donors (Lipinski definition) is 0. The number of carbonyl (C=O) groups is 1. The second-order valence-electron chi connectivity index (χ2n) is 5.67. The van der Waals surface area contributed by atoms with Crippen molar-refractivity contribution >= 4 is 5.78 Å². The van der Waals surface area contributed by atoms with E-state index in [0.29, 0.717) is 12.2 Å². The first-order chi connectivity index (χ1) is 9.99. The van der Waals surface area contributed by atoms with Crippen molar-refractivity contribution < 1.29 is 9.53 Å². The first kappa shape index (κ1) is 17.4. The Morgan fingerprint density at radius 1 is 1.10 bits per heavy atom. The highest BCUT2D eigenvalue weighted by atomic mass is 16.5. The van der Waals surface area contributed by atoms with Crippen LogP contribution in [0.25, 0.3) is 0 Å². The standard InChI is InChI=1S/C19H26O2/c1-15(2)6-5-7-16(3)12-13-21-14-19(20)18-10-8-17(4)9-11-18/h6,8-12H,5,7,13-14H2,1-4H3/b16-12+. The minimum atomic E-state index is 0.0330. The summed E-state index contributed by atoms with van der Waals surface area (Å²) in [5, 5.41) is 0. The average molecular weight is 286 g/mol. The summed E-state index contributed by atoms with van der Waals surface area (Å²) >= 11 is 0. The Labute approximate surface area is 128 Å². The molecule has 21 heavy (non-hydrogen) atoms. The summed E-state index contributed by atoms with van der Waals surface area (Å²) in [6.45, 7) is 8.97. The van der Waals surface area contributed by atoms with Crippen molar-refractivity contribution in [3.05, 3.63) is 58.7 Å². The molecular weight excluding hydrogens is 260 g/mol. The molecular formula is C19H26O2. The Bertz CT molecular complexity index is 503. The van der Waals surface area contributed by atoms with Crippen LogP contribution in [-0.2, 0) is 4.74 Å². The molecule has 1 aromatic carbocycles. The van der Waals surface area contributed by atoms with Crippen LogP contribution in [0.15, 0.2) is 47.6 Å². The normalized spacial score (nSPS) is 11.3. The van der Waals surface area contributed by atoms with Crippen molar-refractivity contribution in [1.29, 1.82) is 0 Å². The van der Waals surface area contributed by atoms with E-state index in [1.807, 2.05) is 31.2 Å². The number of hydrogen-bond acceptors (Lipinski definition) is 2. The van der Waals surface area contributed by atoms with E-state index in [1.165, 1.54) is 11.1 Å². The van der Waals surface area contributed by atoms with E-state index in [0.717, 1.165) is 18.4 Å². The van der Waals surface area contributed by atoms with Crippen LogP contribution in [0.3, 0.4) is 0 Å². The topological polar surface area (TPSA) is 26.3 Å². The zero-order chi connectivity index (χ0) is 15.7. The number of benzene rings is 1. The van der Waals surface area contributed by atoms with Crippen LogP contribution in [-0.4, -0.2) is 19.0 Å². The third-order valence-electron chi connectivity index (χ3n) is 3.25. The van der Waals surface area contributed by atoms with Gasteiger partial charge in [-0.1, -0.05) is 53.1 Å². The van der Waals surface area contributed by atoms with Crippen LogP contribution in [0.1, 0.15) is 49.5 Å². The van der Waals surface area contributed by atoms with Gasteiger partial charge in [0.2, 0.25) is 0 Å². The third-order valence-corrected chi connectivity index (χ3v) is 3.25. The average Bonchev–Trinajstić information content (AvgIpc) is 2.43. The lowest BCUT2D eigenvalue weighted by Crippen LogP contribution is -2.09. The Balaban J connectivity index is 2.28. The van der Waals surface area contributed by atoms with Gasteiger partial charge in [-0.3, -0.25) is 4.79 Å². The zero-order valence-electron chi connectivity index (χ0n) is 13.6. The fourth-order valence-corrected chi connectivity index (χ4v) is 1.87. The molecule has 0 fully saturated rings. The van der Waals surface area contributed by atoms with Crippen LogP contribution in [0.5, 0.6) is 0 Å². The van der Waals surface area contributed by atoms with Gasteiger partial charge in [0.25, 0.3) is 0 Å². The van der Waals surface area contributed by atoms with Crippen LogP contribution in [0, 0.1) is 6.92 Å². The minimum Gasteiger partial charge on any atom is -0.369 e. The number of aryl methyl sites for hydroxylation is 1. The number of carbonyl (C=O) groups excluding carboxylic acids is 1. The number of Topliss-reactive ketones (excluding diaryl/α,β-unsaturated/α-hetero) is 1. The number of ketones is 1. The molecule has 0 heterocycles. The maximum atomic E-state index is 11.9. The van der Waals surface area contributed by atoms with Gasteiger partial charge in [0.05, 0.1) is 6.61 Å². The highest BCUT2D eigenvalue weighted by molar-refractivity contribution is 5.97. The van der Waals surface area contributed by atoms with Crippen molar-refractivity contribution in [3.8, 4) is 0 Å². The lowest BCUT2D eigenvalue weighted by Gasteiger charge is -2.03. The summed E-state index contributed by atoms with van der Waals surface area (Å²) in [5.41, 5.74) is 4.52. The summed E-state index contributed by atoms with van der Waals surface area (Å²) in [7, 11) is 0. The minimum absolute atomic E-state index is 0.0330. The summed E-state index contributed by atoms with van der Waals surface area (Å²) in [5.74, 6) is 0.0330. The number of rotatable bonds is 8. The maximum Gasteiger partial charge on any atom is 0.188 e. The van der Waals surface area contributed by atoms with Gasteiger partial charge in [-0.25, -0.2) is 0 Å². The van der Waals surface area contributed by atoms with Gasteiger partial charge in [0, 0.05) is 5.56 Å². The molecule has 1 rings (SSSR count). The summed E-state index contributed by atoms with van der Waals surface area (Å²) in [4.78, 5) is 11.9. The van der Waals surface area contributed by atoms with Gasteiger partial charge >= 0.3 is 0 Å². The van der Waals surface area contributed by atoms with Gasteiger partial charge in [-0.2, -0.15) is 0 Å². The van der Waals surface area contributed by atoms with Gasteiger partial charge in [0.1, 0.15) is 6.61 Å². The van der Waals surface area contributed by atoms with Gasteiger partial charge in [0.15, 0.2) is 5.78 Å². The molecule has 1 aromatic rings.